The minimum atomic E-state index is -0.238. The van der Waals surface area contributed by atoms with Crippen LogP contribution in [0.2, 0.25) is 0 Å². The summed E-state index contributed by atoms with van der Waals surface area (Å²) in [5, 5.41) is 3.99. The highest BCUT2D eigenvalue weighted by atomic mass is 32.1. The fraction of sp³-hybridized carbons (Fsp3) is 0.778. The summed E-state index contributed by atoms with van der Waals surface area (Å²) in [5.74, 6) is 1.59. The van der Waals surface area contributed by atoms with Gasteiger partial charge in [0.05, 0.1) is 6.54 Å². The lowest BCUT2D eigenvalue weighted by molar-refractivity contribution is -0.0914. The average molecular weight is 229 g/mol. The summed E-state index contributed by atoms with van der Waals surface area (Å²) in [6, 6.07) is 0. The topological polar surface area (TPSA) is 56.3 Å². The van der Waals surface area contributed by atoms with E-state index in [-0.39, 0.29) is 6.29 Å². The van der Waals surface area contributed by atoms with Gasteiger partial charge < -0.3 is 14.8 Å². The predicted molar refractivity (Wildman–Crippen MR) is 58.2 cm³/mol. The highest BCUT2D eigenvalue weighted by molar-refractivity contribution is 7.09. The summed E-state index contributed by atoms with van der Waals surface area (Å²) in [5.41, 5.74) is 0. The van der Waals surface area contributed by atoms with Gasteiger partial charge in [0.25, 0.3) is 0 Å². The maximum atomic E-state index is 5.06. The number of hydrogen-bond donors (Lipinski definition) is 1. The molecule has 0 spiro atoms. The smallest absolute Gasteiger partial charge is 0.202 e. The first-order valence-corrected chi connectivity index (χ1v) is 5.74. The molecule has 0 amide bonds. The third-order valence-electron chi connectivity index (χ3n) is 2.33. The lowest BCUT2D eigenvalue weighted by atomic mass is 10.4. The van der Waals surface area contributed by atoms with Crippen molar-refractivity contribution in [2.75, 3.05) is 26.1 Å². The molecule has 1 heterocycles. The second-order valence-corrected chi connectivity index (χ2v) is 4.27. The van der Waals surface area contributed by atoms with E-state index >= 15 is 0 Å². The summed E-state index contributed by atoms with van der Waals surface area (Å²) < 4.78 is 14.4. The molecule has 1 aromatic heterocycles. The molecule has 0 aliphatic heterocycles. The Balaban J connectivity index is 1.82. The number of hydrogen-bond acceptors (Lipinski definition) is 6. The molecule has 0 saturated heterocycles. The SMILES string of the molecule is COC(CNc1nc(C2CC2)ns1)OC. The van der Waals surface area contributed by atoms with Gasteiger partial charge in [-0.05, 0) is 12.8 Å². The summed E-state index contributed by atoms with van der Waals surface area (Å²) in [6.07, 6.45) is 2.22. The van der Waals surface area contributed by atoms with Crippen LogP contribution in [0.1, 0.15) is 24.6 Å². The molecule has 2 rings (SSSR count). The van der Waals surface area contributed by atoms with Crippen LogP contribution in [0.3, 0.4) is 0 Å². The molecule has 5 nitrogen and oxygen atoms in total. The minimum Gasteiger partial charge on any atom is -0.355 e. The first kappa shape index (κ1) is 10.8. The van der Waals surface area contributed by atoms with Gasteiger partial charge in [0.2, 0.25) is 5.13 Å². The fourth-order valence-electron chi connectivity index (χ4n) is 1.25. The number of methoxy groups -OCH3 is 2. The van der Waals surface area contributed by atoms with Crippen molar-refractivity contribution in [2.24, 2.45) is 0 Å². The van der Waals surface area contributed by atoms with E-state index in [0.717, 1.165) is 11.0 Å². The Labute approximate surface area is 93.0 Å². The molecule has 1 fully saturated rings. The van der Waals surface area contributed by atoms with Gasteiger partial charge in [-0.1, -0.05) is 0 Å². The highest BCUT2D eigenvalue weighted by Gasteiger charge is 2.27. The first-order valence-electron chi connectivity index (χ1n) is 4.96. The molecule has 84 valence electrons. The number of nitrogens with zero attached hydrogens (tertiary/aromatic N) is 2. The predicted octanol–water partition coefficient (Wildman–Crippen LogP) is 1.45. The Hall–Kier alpha value is -0.720. The number of rotatable bonds is 6. The van der Waals surface area contributed by atoms with Crippen LogP contribution >= 0.6 is 11.5 Å². The van der Waals surface area contributed by atoms with E-state index in [1.54, 1.807) is 14.2 Å². The van der Waals surface area contributed by atoms with Crippen molar-refractivity contribution in [2.45, 2.75) is 25.0 Å². The lowest BCUT2D eigenvalue weighted by Crippen LogP contribution is -2.23. The molecular weight excluding hydrogens is 214 g/mol. The molecule has 1 aliphatic rings. The van der Waals surface area contributed by atoms with Gasteiger partial charge in [-0.2, -0.15) is 4.37 Å². The van der Waals surface area contributed by atoms with Gasteiger partial charge in [-0.3, -0.25) is 0 Å². The second kappa shape index (κ2) is 4.87. The molecule has 0 bridgehead atoms. The molecule has 0 radical (unpaired) electrons. The van der Waals surface area contributed by atoms with Gasteiger partial charge in [-0.15, -0.1) is 0 Å². The Morgan fingerprint density at radius 3 is 2.80 bits per heavy atom. The Morgan fingerprint density at radius 2 is 2.20 bits per heavy atom. The van der Waals surface area contributed by atoms with E-state index in [0.29, 0.717) is 12.5 Å². The van der Waals surface area contributed by atoms with Crippen LogP contribution in [-0.4, -0.2) is 36.4 Å². The van der Waals surface area contributed by atoms with Crippen molar-refractivity contribution < 1.29 is 9.47 Å². The van der Waals surface area contributed by atoms with E-state index in [4.69, 9.17) is 9.47 Å². The third kappa shape index (κ3) is 2.87. The van der Waals surface area contributed by atoms with Gasteiger partial charge in [0.1, 0.15) is 5.82 Å². The largest absolute Gasteiger partial charge is 0.355 e. The molecule has 0 atom stereocenters. The standard InChI is InChI=1S/C9H15N3O2S/c1-13-7(14-2)5-10-9-11-8(12-15-9)6-3-4-6/h6-7H,3-5H2,1-2H3,(H,10,11,12). The van der Waals surface area contributed by atoms with Crippen molar-refractivity contribution >= 4 is 16.7 Å². The maximum Gasteiger partial charge on any atom is 0.202 e. The lowest BCUT2D eigenvalue weighted by Gasteiger charge is -2.12. The van der Waals surface area contributed by atoms with Crippen molar-refractivity contribution in [3.63, 3.8) is 0 Å². The normalized spacial score (nSPS) is 15.9. The van der Waals surface area contributed by atoms with Crippen LogP contribution in [0.5, 0.6) is 0 Å². The molecular formula is C9H15N3O2S. The number of nitrogens with one attached hydrogen (secondary N) is 1. The van der Waals surface area contributed by atoms with Crippen LogP contribution in [0.4, 0.5) is 5.13 Å². The van der Waals surface area contributed by atoms with E-state index in [1.165, 1.54) is 24.4 Å². The fourth-order valence-corrected chi connectivity index (χ4v) is 1.90. The monoisotopic (exact) mass is 229 g/mol. The van der Waals surface area contributed by atoms with Gasteiger partial charge >= 0.3 is 0 Å². The van der Waals surface area contributed by atoms with E-state index in [9.17, 15) is 0 Å². The molecule has 1 aromatic rings. The Morgan fingerprint density at radius 1 is 1.47 bits per heavy atom. The minimum absolute atomic E-state index is 0.238. The van der Waals surface area contributed by atoms with Crippen LogP contribution < -0.4 is 5.32 Å². The van der Waals surface area contributed by atoms with E-state index in [1.807, 2.05) is 0 Å². The summed E-state index contributed by atoms with van der Waals surface area (Å²) in [7, 11) is 3.23. The van der Waals surface area contributed by atoms with Crippen LogP contribution in [0.15, 0.2) is 0 Å². The van der Waals surface area contributed by atoms with Crippen LogP contribution in [0.25, 0.3) is 0 Å². The first-order chi connectivity index (χ1) is 7.33. The van der Waals surface area contributed by atoms with Crippen LogP contribution in [0, 0.1) is 0 Å². The molecule has 1 N–H and O–H groups in total. The zero-order valence-electron chi connectivity index (χ0n) is 8.90. The average Bonchev–Trinajstić information content (AvgIpc) is 3.01. The number of anilines is 1. The summed E-state index contributed by atoms with van der Waals surface area (Å²) >= 11 is 1.40. The molecule has 15 heavy (non-hydrogen) atoms. The second-order valence-electron chi connectivity index (χ2n) is 3.51. The van der Waals surface area contributed by atoms with Crippen molar-refractivity contribution in [1.29, 1.82) is 0 Å². The van der Waals surface area contributed by atoms with E-state index in [2.05, 4.69) is 14.7 Å². The van der Waals surface area contributed by atoms with Crippen molar-refractivity contribution in [3.05, 3.63) is 5.82 Å². The van der Waals surface area contributed by atoms with Gasteiger partial charge in [-0.25, -0.2) is 4.98 Å². The number of aromatic nitrogens is 2. The highest BCUT2D eigenvalue weighted by Crippen LogP contribution is 2.39. The van der Waals surface area contributed by atoms with Crippen molar-refractivity contribution in [3.8, 4) is 0 Å². The van der Waals surface area contributed by atoms with Crippen LogP contribution in [-0.2, 0) is 9.47 Å². The van der Waals surface area contributed by atoms with Crippen molar-refractivity contribution in [1.82, 2.24) is 9.36 Å². The van der Waals surface area contributed by atoms with Gasteiger partial charge in [0, 0.05) is 31.7 Å². The molecule has 6 heteroatoms. The Bertz CT molecular complexity index is 310. The number of ether oxygens (including phenoxy) is 2. The molecule has 0 unspecified atom stereocenters. The molecule has 1 aliphatic carbocycles. The zero-order chi connectivity index (χ0) is 10.7. The van der Waals surface area contributed by atoms with E-state index < -0.39 is 0 Å². The third-order valence-corrected chi connectivity index (χ3v) is 3.02. The molecule has 1 saturated carbocycles. The summed E-state index contributed by atoms with van der Waals surface area (Å²) in [6.45, 7) is 0.590. The zero-order valence-corrected chi connectivity index (χ0v) is 9.71. The molecule has 0 aromatic carbocycles. The maximum absolute atomic E-state index is 5.06. The van der Waals surface area contributed by atoms with Gasteiger partial charge in [0.15, 0.2) is 6.29 Å². The quantitative estimate of drug-likeness (QED) is 0.748. The summed E-state index contributed by atoms with van der Waals surface area (Å²) in [4.78, 5) is 4.40. The Kier molecular flexibility index (Phi) is 3.50.